The third-order valence-electron chi connectivity index (χ3n) is 4.55. The Hall–Kier alpha value is -2.04. The Labute approximate surface area is 136 Å². The molecule has 1 fully saturated rings. The molecule has 7 heteroatoms. The van der Waals surface area contributed by atoms with E-state index in [2.05, 4.69) is 11.2 Å². The van der Waals surface area contributed by atoms with Crippen molar-refractivity contribution in [3.63, 3.8) is 0 Å². The molecule has 0 atom stereocenters. The molecule has 0 N–H and O–H groups in total. The van der Waals surface area contributed by atoms with Gasteiger partial charge < -0.3 is 14.0 Å². The summed E-state index contributed by atoms with van der Waals surface area (Å²) in [4.78, 5) is 0. The summed E-state index contributed by atoms with van der Waals surface area (Å²) in [5.74, 6) is 0.664. The Bertz CT molecular complexity index is 776. The molecule has 0 amide bonds. The van der Waals surface area contributed by atoms with Crippen LogP contribution in [0.4, 0.5) is 0 Å². The minimum atomic E-state index is -0.577. The van der Waals surface area contributed by atoms with Crippen molar-refractivity contribution in [2.45, 2.75) is 45.8 Å². The maximum Gasteiger partial charge on any atom is 0.497 e. The van der Waals surface area contributed by atoms with E-state index in [1.165, 1.54) is 0 Å². The molecule has 1 saturated heterocycles. The van der Waals surface area contributed by atoms with Crippen molar-refractivity contribution in [1.29, 1.82) is 5.26 Å². The van der Waals surface area contributed by atoms with Gasteiger partial charge in [-0.2, -0.15) is 10.4 Å². The smallest absolute Gasteiger partial charge is 0.492 e. The molecule has 2 aromatic heterocycles. The number of pyridine rings is 1. The topological polar surface area (TPSA) is 68.8 Å². The van der Waals surface area contributed by atoms with Gasteiger partial charge in [0.1, 0.15) is 11.8 Å². The van der Waals surface area contributed by atoms with Crippen molar-refractivity contribution in [1.82, 2.24) is 9.61 Å². The molecule has 0 aliphatic carbocycles. The van der Waals surface area contributed by atoms with Crippen LogP contribution >= 0.6 is 0 Å². The number of ether oxygens (including phenoxy) is 1. The highest BCUT2D eigenvalue weighted by Crippen LogP contribution is 2.37. The van der Waals surface area contributed by atoms with Gasteiger partial charge in [0, 0.05) is 5.46 Å². The summed E-state index contributed by atoms with van der Waals surface area (Å²) in [6.07, 6.45) is 3.30. The van der Waals surface area contributed by atoms with Crippen LogP contribution in [0.2, 0.25) is 0 Å². The molecule has 3 rings (SSSR count). The van der Waals surface area contributed by atoms with Crippen molar-refractivity contribution >= 4 is 18.1 Å². The fourth-order valence-corrected chi connectivity index (χ4v) is 2.60. The summed E-state index contributed by atoms with van der Waals surface area (Å²) >= 11 is 0. The second-order valence-corrected chi connectivity index (χ2v) is 6.62. The Morgan fingerprint density at radius 1 is 1.30 bits per heavy atom. The molecular weight excluding hydrogens is 293 g/mol. The van der Waals surface area contributed by atoms with E-state index >= 15 is 0 Å². The monoisotopic (exact) mass is 313 g/mol. The predicted octanol–water partition coefficient (Wildman–Crippen LogP) is 1.90. The summed E-state index contributed by atoms with van der Waals surface area (Å²) in [6.45, 7) is 10.5. The fraction of sp³-hybridized carbons (Fsp3) is 0.500. The van der Waals surface area contributed by atoms with Crippen LogP contribution in [0, 0.1) is 11.3 Å². The van der Waals surface area contributed by atoms with E-state index in [-0.39, 0.29) is 0 Å². The lowest BCUT2D eigenvalue weighted by molar-refractivity contribution is 0.00578. The Morgan fingerprint density at radius 2 is 1.96 bits per heavy atom. The van der Waals surface area contributed by atoms with E-state index in [1.54, 1.807) is 16.9 Å². The first-order chi connectivity index (χ1) is 10.8. The second kappa shape index (κ2) is 5.26. The van der Waals surface area contributed by atoms with Gasteiger partial charge >= 0.3 is 7.12 Å². The molecule has 1 aliphatic rings. The zero-order valence-electron chi connectivity index (χ0n) is 14.1. The molecule has 6 nitrogen and oxygen atoms in total. The molecular formula is C16H20BN3O3. The lowest BCUT2D eigenvalue weighted by atomic mass is 9.78. The van der Waals surface area contributed by atoms with Gasteiger partial charge in [-0.1, -0.05) is 0 Å². The molecule has 0 spiro atoms. The highest BCUT2D eigenvalue weighted by Gasteiger charge is 2.52. The number of rotatable bonds is 3. The van der Waals surface area contributed by atoms with E-state index < -0.39 is 18.3 Å². The minimum Gasteiger partial charge on any atom is -0.492 e. The molecule has 1 aliphatic heterocycles. The van der Waals surface area contributed by atoms with Crippen LogP contribution in [0.3, 0.4) is 0 Å². The van der Waals surface area contributed by atoms with Crippen molar-refractivity contribution in [3.05, 3.63) is 24.0 Å². The average molecular weight is 313 g/mol. The van der Waals surface area contributed by atoms with Gasteiger partial charge in [-0.15, -0.1) is 0 Å². The molecule has 120 valence electrons. The van der Waals surface area contributed by atoms with Gasteiger partial charge in [-0.05, 0) is 40.7 Å². The zero-order chi connectivity index (χ0) is 16.8. The van der Waals surface area contributed by atoms with Crippen molar-refractivity contribution < 1.29 is 14.0 Å². The number of nitriles is 1. The average Bonchev–Trinajstić information content (AvgIpc) is 2.97. The quantitative estimate of drug-likeness (QED) is 0.810. The van der Waals surface area contributed by atoms with E-state index in [0.717, 1.165) is 5.46 Å². The highest BCUT2D eigenvalue weighted by atomic mass is 16.7. The number of hydrogen-bond donors (Lipinski definition) is 0. The minimum absolute atomic E-state index is 0.455. The van der Waals surface area contributed by atoms with Crippen LogP contribution in [-0.4, -0.2) is 34.5 Å². The van der Waals surface area contributed by atoms with Crippen LogP contribution in [-0.2, 0) is 9.31 Å². The molecule has 23 heavy (non-hydrogen) atoms. The molecule has 0 aromatic carbocycles. The van der Waals surface area contributed by atoms with Crippen molar-refractivity contribution in [2.24, 2.45) is 0 Å². The van der Waals surface area contributed by atoms with Crippen LogP contribution in [0.1, 0.15) is 40.2 Å². The maximum atomic E-state index is 9.35. The summed E-state index contributed by atoms with van der Waals surface area (Å²) < 4.78 is 19.5. The molecule has 2 aromatic rings. The van der Waals surface area contributed by atoms with E-state index in [0.29, 0.717) is 23.4 Å². The van der Waals surface area contributed by atoms with Gasteiger partial charge in [0.25, 0.3) is 0 Å². The SMILES string of the molecule is CCOc1cc(B2OC(C)(C)C(C)(C)O2)c2c(C#N)cnn2c1. The van der Waals surface area contributed by atoms with Gasteiger partial charge in [0.15, 0.2) is 0 Å². The standard InChI is InChI=1S/C16H20BN3O3/c1-6-21-12-7-13(14-11(8-18)9-19-20(14)10-12)17-22-15(2,3)16(4,5)23-17/h7,9-10H,6H2,1-5H3. The second-order valence-electron chi connectivity index (χ2n) is 6.62. The van der Waals surface area contributed by atoms with E-state index in [1.807, 2.05) is 40.7 Å². The third kappa shape index (κ3) is 2.48. The van der Waals surface area contributed by atoms with Gasteiger partial charge in [-0.25, -0.2) is 4.52 Å². The Kier molecular flexibility index (Phi) is 3.62. The maximum absolute atomic E-state index is 9.35. The fourth-order valence-electron chi connectivity index (χ4n) is 2.60. The van der Waals surface area contributed by atoms with Crippen molar-refractivity contribution in [3.8, 4) is 11.8 Å². The van der Waals surface area contributed by atoms with Crippen LogP contribution in [0.25, 0.3) is 5.52 Å². The highest BCUT2D eigenvalue weighted by molar-refractivity contribution is 6.64. The molecule has 0 saturated carbocycles. The summed E-state index contributed by atoms with van der Waals surface area (Å²) in [6, 6.07) is 4.04. The van der Waals surface area contributed by atoms with E-state index in [9.17, 15) is 5.26 Å². The molecule has 0 unspecified atom stereocenters. The normalized spacial score (nSPS) is 19.0. The van der Waals surface area contributed by atoms with Crippen LogP contribution in [0.15, 0.2) is 18.5 Å². The summed E-state index contributed by atoms with van der Waals surface area (Å²) in [5.41, 5.74) is 1.02. The van der Waals surface area contributed by atoms with Crippen LogP contribution < -0.4 is 10.2 Å². The zero-order valence-corrected chi connectivity index (χ0v) is 14.1. The summed E-state index contributed by atoms with van der Waals surface area (Å²) in [5, 5.41) is 13.6. The molecule has 3 heterocycles. The largest absolute Gasteiger partial charge is 0.497 e. The van der Waals surface area contributed by atoms with Crippen LogP contribution in [0.5, 0.6) is 5.75 Å². The third-order valence-corrected chi connectivity index (χ3v) is 4.55. The van der Waals surface area contributed by atoms with E-state index in [4.69, 9.17) is 14.0 Å². The number of aromatic nitrogens is 2. The van der Waals surface area contributed by atoms with Gasteiger partial charge in [0.2, 0.25) is 0 Å². The lowest BCUT2D eigenvalue weighted by Crippen LogP contribution is -2.41. The Balaban J connectivity index is 2.16. The van der Waals surface area contributed by atoms with Gasteiger partial charge in [0.05, 0.1) is 41.3 Å². The summed E-state index contributed by atoms with van der Waals surface area (Å²) in [7, 11) is -0.577. The molecule has 0 bridgehead atoms. The first-order valence-corrected chi connectivity index (χ1v) is 7.69. The first kappa shape index (κ1) is 15.8. The first-order valence-electron chi connectivity index (χ1n) is 7.69. The van der Waals surface area contributed by atoms with Gasteiger partial charge in [-0.3, -0.25) is 0 Å². The number of nitrogens with zero attached hydrogens (tertiary/aromatic N) is 3. The Morgan fingerprint density at radius 3 is 2.52 bits per heavy atom. The number of hydrogen-bond acceptors (Lipinski definition) is 5. The molecule has 0 radical (unpaired) electrons. The number of fused-ring (bicyclic) bond motifs is 1. The lowest BCUT2D eigenvalue weighted by Gasteiger charge is -2.32. The van der Waals surface area contributed by atoms with Crippen molar-refractivity contribution in [2.75, 3.05) is 6.61 Å². The predicted molar refractivity (Wildman–Crippen MR) is 86.8 cm³/mol.